The number of morpholine rings is 1. The minimum atomic E-state index is 0.907. The van der Waals surface area contributed by atoms with Gasteiger partial charge in [0.1, 0.15) is 13.1 Å². The number of hydrogen-bond acceptors (Lipinski definition) is 3. The van der Waals surface area contributed by atoms with Gasteiger partial charge in [0.25, 0.3) is 0 Å². The summed E-state index contributed by atoms with van der Waals surface area (Å²) in [7, 11) is 0. The fourth-order valence-electron chi connectivity index (χ4n) is 2.20. The normalized spacial score (nSPS) is 17.3. The van der Waals surface area contributed by atoms with Crippen LogP contribution in [0.2, 0.25) is 0 Å². The number of benzene rings is 1. The Morgan fingerprint density at radius 2 is 2.11 bits per heavy atom. The van der Waals surface area contributed by atoms with Crippen molar-refractivity contribution >= 4 is 22.8 Å². The van der Waals surface area contributed by atoms with Gasteiger partial charge < -0.3 is 14.6 Å². The van der Waals surface area contributed by atoms with Crippen molar-refractivity contribution in [2.45, 2.75) is 5.16 Å². The Morgan fingerprint density at radius 1 is 1.28 bits per heavy atom. The molecule has 3 rings (SSSR count). The number of nitrogens with zero attached hydrogens (tertiary/aromatic N) is 1. The Hall–Kier alpha value is -1.04. The highest BCUT2D eigenvalue weighted by atomic mass is 32.2. The highest BCUT2D eigenvalue weighted by Gasteiger charge is 2.13. The van der Waals surface area contributed by atoms with Crippen molar-refractivity contribution in [3.63, 3.8) is 0 Å². The average molecular weight is 264 g/mol. The van der Waals surface area contributed by atoms with Gasteiger partial charge >= 0.3 is 0 Å². The van der Waals surface area contributed by atoms with Crippen LogP contribution in [0.15, 0.2) is 29.4 Å². The summed E-state index contributed by atoms with van der Waals surface area (Å²) in [5.74, 6) is 1.11. The van der Waals surface area contributed by atoms with E-state index in [-0.39, 0.29) is 0 Å². The van der Waals surface area contributed by atoms with E-state index in [0.29, 0.717) is 0 Å². The van der Waals surface area contributed by atoms with Crippen molar-refractivity contribution in [1.29, 1.82) is 0 Å². The van der Waals surface area contributed by atoms with Gasteiger partial charge in [0, 0.05) is 0 Å². The Morgan fingerprint density at radius 3 is 2.94 bits per heavy atom. The first-order valence-corrected chi connectivity index (χ1v) is 7.39. The molecule has 96 valence electrons. The van der Waals surface area contributed by atoms with Crippen molar-refractivity contribution in [2.75, 3.05) is 38.6 Å². The first kappa shape index (κ1) is 12.0. The molecule has 4 nitrogen and oxygen atoms in total. The molecule has 5 heteroatoms. The zero-order valence-corrected chi connectivity index (χ0v) is 11.1. The molecule has 1 aromatic heterocycles. The van der Waals surface area contributed by atoms with Gasteiger partial charge in [-0.15, -0.1) is 0 Å². The summed E-state index contributed by atoms with van der Waals surface area (Å²) in [6.45, 7) is 5.28. The standard InChI is InChI=1S/C13H17N3OS/c1-2-4-12-11(3-1)14-13(15-12)18-10-7-16-5-8-17-9-6-16/h1-4H,5-10H2,(H,14,15)/p+1. The number of ether oxygens (including phenoxy) is 1. The van der Waals surface area contributed by atoms with Crippen LogP contribution in [0.1, 0.15) is 0 Å². The van der Waals surface area contributed by atoms with E-state index in [0.717, 1.165) is 48.2 Å². The van der Waals surface area contributed by atoms with Crippen LogP contribution in [0.4, 0.5) is 0 Å². The summed E-state index contributed by atoms with van der Waals surface area (Å²) in [5.41, 5.74) is 2.18. The molecule has 1 aliphatic rings. The third-order valence-electron chi connectivity index (χ3n) is 3.26. The van der Waals surface area contributed by atoms with E-state index in [2.05, 4.69) is 16.0 Å². The highest BCUT2D eigenvalue weighted by Crippen LogP contribution is 2.18. The van der Waals surface area contributed by atoms with Gasteiger partial charge in [0.15, 0.2) is 5.16 Å². The van der Waals surface area contributed by atoms with E-state index in [4.69, 9.17) is 4.74 Å². The number of thioether (sulfide) groups is 1. The largest absolute Gasteiger partial charge is 0.370 e. The molecule has 1 aliphatic heterocycles. The first-order chi connectivity index (χ1) is 8.92. The molecule has 2 N–H and O–H groups in total. The lowest BCUT2D eigenvalue weighted by Gasteiger charge is -2.23. The van der Waals surface area contributed by atoms with Gasteiger partial charge in [-0.25, -0.2) is 4.98 Å². The van der Waals surface area contributed by atoms with E-state index in [1.165, 1.54) is 6.54 Å². The zero-order chi connectivity index (χ0) is 12.2. The zero-order valence-electron chi connectivity index (χ0n) is 10.3. The number of imidazole rings is 1. The van der Waals surface area contributed by atoms with Crippen LogP contribution >= 0.6 is 11.8 Å². The highest BCUT2D eigenvalue weighted by molar-refractivity contribution is 7.99. The van der Waals surface area contributed by atoms with Gasteiger partial charge in [-0.1, -0.05) is 23.9 Å². The minimum Gasteiger partial charge on any atom is -0.370 e. The maximum Gasteiger partial charge on any atom is 0.166 e. The molecule has 1 saturated heterocycles. The number of fused-ring (bicyclic) bond motifs is 1. The fourth-order valence-corrected chi connectivity index (χ4v) is 3.13. The molecule has 0 aliphatic carbocycles. The van der Waals surface area contributed by atoms with Crippen LogP contribution in [0.25, 0.3) is 11.0 Å². The maximum atomic E-state index is 5.36. The number of hydrogen-bond donors (Lipinski definition) is 2. The van der Waals surface area contributed by atoms with E-state index < -0.39 is 0 Å². The molecular weight excluding hydrogens is 246 g/mol. The summed E-state index contributed by atoms with van der Waals surface area (Å²) >= 11 is 1.81. The van der Waals surface area contributed by atoms with Crippen LogP contribution in [0.5, 0.6) is 0 Å². The Labute approximate surface area is 111 Å². The predicted octanol–water partition coefficient (Wildman–Crippen LogP) is 0.570. The van der Waals surface area contributed by atoms with E-state index in [1.807, 2.05) is 30.0 Å². The van der Waals surface area contributed by atoms with E-state index >= 15 is 0 Å². The third kappa shape index (κ3) is 2.85. The molecule has 0 atom stereocenters. The monoisotopic (exact) mass is 264 g/mol. The number of H-pyrrole nitrogens is 1. The van der Waals surface area contributed by atoms with Crippen LogP contribution in [0, 0.1) is 0 Å². The molecule has 2 aromatic rings. The predicted molar refractivity (Wildman–Crippen MR) is 73.2 cm³/mol. The summed E-state index contributed by atoms with van der Waals surface area (Å²) in [6, 6.07) is 8.17. The average Bonchev–Trinajstić information content (AvgIpc) is 2.82. The Balaban J connectivity index is 1.53. The summed E-state index contributed by atoms with van der Waals surface area (Å²) in [6.07, 6.45) is 0. The van der Waals surface area contributed by atoms with Gasteiger partial charge in [-0.05, 0) is 12.1 Å². The van der Waals surface area contributed by atoms with Gasteiger partial charge in [-0.3, -0.25) is 0 Å². The van der Waals surface area contributed by atoms with Crippen LogP contribution in [-0.4, -0.2) is 48.6 Å². The molecule has 0 spiro atoms. The molecule has 0 amide bonds. The second-order valence-corrected chi connectivity index (χ2v) is 5.60. The van der Waals surface area contributed by atoms with E-state index in [9.17, 15) is 0 Å². The van der Waals surface area contributed by atoms with Gasteiger partial charge in [0.05, 0.1) is 36.5 Å². The molecule has 1 aromatic carbocycles. The number of aromatic nitrogens is 2. The van der Waals surface area contributed by atoms with Crippen LogP contribution in [-0.2, 0) is 4.74 Å². The molecule has 0 radical (unpaired) electrons. The molecule has 0 saturated carbocycles. The van der Waals surface area contributed by atoms with Crippen LogP contribution < -0.4 is 4.90 Å². The van der Waals surface area contributed by atoms with Crippen molar-refractivity contribution in [3.05, 3.63) is 24.3 Å². The molecule has 0 bridgehead atoms. The van der Waals surface area contributed by atoms with Crippen molar-refractivity contribution in [1.82, 2.24) is 9.97 Å². The molecule has 1 fully saturated rings. The second-order valence-electron chi connectivity index (χ2n) is 4.52. The lowest BCUT2D eigenvalue weighted by molar-refractivity contribution is -0.905. The number of rotatable bonds is 4. The molecule has 0 unspecified atom stereocenters. The summed E-state index contributed by atoms with van der Waals surface area (Å²) < 4.78 is 5.36. The second kappa shape index (κ2) is 5.73. The quantitative estimate of drug-likeness (QED) is 0.794. The fraction of sp³-hybridized carbons (Fsp3) is 0.462. The number of aromatic amines is 1. The SMILES string of the molecule is c1ccc2[nH]c(SCC[NH+]3CCOCC3)nc2c1. The number of nitrogens with one attached hydrogen (secondary N) is 2. The molecule has 18 heavy (non-hydrogen) atoms. The molecule has 2 heterocycles. The minimum absolute atomic E-state index is 0.907. The lowest BCUT2D eigenvalue weighted by atomic mass is 10.3. The Kier molecular flexibility index (Phi) is 3.83. The van der Waals surface area contributed by atoms with Gasteiger partial charge in [-0.2, -0.15) is 0 Å². The van der Waals surface area contributed by atoms with Crippen molar-refractivity contribution in [3.8, 4) is 0 Å². The van der Waals surface area contributed by atoms with Crippen LogP contribution in [0.3, 0.4) is 0 Å². The summed E-state index contributed by atoms with van der Waals surface area (Å²) in [4.78, 5) is 9.56. The van der Waals surface area contributed by atoms with Crippen molar-refractivity contribution < 1.29 is 9.64 Å². The number of quaternary nitrogens is 1. The number of para-hydroxylation sites is 2. The maximum absolute atomic E-state index is 5.36. The Bertz CT molecular complexity index is 475. The lowest BCUT2D eigenvalue weighted by Crippen LogP contribution is -3.14. The third-order valence-corrected chi connectivity index (χ3v) is 4.14. The summed E-state index contributed by atoms with van der Waals surface area (Å²) in [5, 5.41) is 1.03. The molecular formula is C13H18N3OS+. The van der Waals surface area contributed by atoms with E-state index in [1.54, 1.807) is 4.90 Å². The van der Waals surface area contributed by atoms with Gasteiger partial charge in [0.2, 0.25) is 0 Å². The smallest absolute Gasteiger partial charge is 0.166 e. The van der Waals surface area contributed by atoms with Crippen molar-refractivity contribution in [2.24, 2.45) is 0 Å². The topological polar surface area (TPSA) is 42.4 Å². The first-order valence-electron chi connectivity index (χ1n) is 6.41.